The largest absolute Gasteiger partial charge is 0.507 e. The summed E-state index contributed by atoms with van der Waals surface area (Å²) in [7, 11) is 0. The second-order valence-electron chi connectivity index (χ2n) is 5.14. The number of phenols is 1. The van der Waals surface area contributed by atoms with Crippen molar-refractivity contribution < 1.29 is 14.3 Å². The predicted molar refractivity (Wildman–Crippen MR) is 71.5 cm³/mol. The van der Waals surface area contributed by atoms with Gasteiger partial charge in [0.25, 0.3) is 5.91 Å². The van der Waals surface area contributed by atoms with E-state index >= 15 is 0 Å². The lowest BCUT2D eigenvalue weighted by molar-refractivity contribution is 0.0926. The van der Waals surface area contributed by atoms with E-state index in [9.17, 15) is 19.6 Å². The Kier molecular flexibility index (Phi) is 4.57. The van der Waals surface area contributed by atoms with Gasteiger partial charge in [-0.15, -0.1) is 0 Å². The molecule has 1 fully saturated rings. The van der Waals surface area contributed by atoms with E-state index in [1.165, 1.54) is 12.5 Å². The van der Waals surface area contributed by atoms with E-state index in [0.29, 0.717) is 0 Å². The van der Waals surface area contributed by atoms with Crippen LogP contribution in [0.3, 0.4) is 0 Å². The zero-order chi connectivity index (χ0) is 14.5. The Morgan fingerprint density at radius 3 is 2.70 bits per heavy atom. The van der Waals surface area contributed by atoms with Crippen LogP contribution in [0.25, 0.3) is 0 Å². The summed E-state index contributed by atoms with van der Waals surface area (Å²) in [5.41, 5.74) is -0.0116. The lowest BCUT2D eigenvalue weighted by Gasteiger charge is -2.26. The Balaban J connectivity index is 2.07. The van der Waals surface area contributed by atoms with Gasteiger partial charge in [-0.1, -0.05) is 19.3 Å². The van der Waals surface area contributed by atoms with Crippen LogP contribution in [0, 0.1) is 23.1 Å². The predicted octanol–water partition coefficient (Wildman–Crippen LogP) is 2.73. The number of halogens is 1. The summed E-state index contributed by atoms with van der Waals surface area (Å²) in [5, 5.41) is 21.4. The van der Waals surface area contributed by atoms with Crippen molar-refractivity contribution in [2.24, 2.45) is 5.92 Å². The molecular weight excluding hydrogens is 259 g/mol. The molecule has 0 heterocycles. The summed E-state index contributed by atoms with van der Waals surface area (Å²) in [5.74, 6) is -1.41. The molecule has 4 nitrogen and oxygen atoms in total. The summed E-state index contributed by atoms with van der Waals surface area (Å²) in [6.07, 6.45) is 5.16. The molecule has 106 valence electrons. The van der Waals surface area contributed by atoms with Gasteiger partial charge in [-0.2, -0.15) is 5.26 Å². The third-order valence-electron chi connectivity index (χ3n) is 3.75. The Labute approximate surface area is 117 Å². The summed E-state index contributed by atoms with van der Waals surface area (Å²) >= 11 is 0. The number of hydrogen-bond acceptors (Lipinski definition) is 3. The van der Waals surface area contributed by atoms with E-state index < -0.39 is 23.5 Å². The first-order valence-electron chi connectivity index (χ1n) is 6.81. The molecule has 1 amide bonds. The van der Waals surface area contributed by atoms with Crippen LogP contribution in [0.15, 0.2) is 18.2 Å². The number of carbonyl (C=O) groups is 1. The van der Waals surface area contributed by atoms with Gasteiger partial charge in [-0.3, -0.25) is 4.79 Å². The number of phenolic OH excluding ortho intramolecular Hbond substituents is 1. The molecule has 1 aromatic rings. The van der Waals surface area contributed by atoms with Gasteiger partial charge in [0.05, 0.1) is 11.6 Å². The number of nitriles is 1. The zero-order valence-corrected chi connectivity index (χ0v) is 11.1. The molecule has 0 spiro atoms. The van der Waals surface area contributed by atoms with Crippen molar-refractivity contribution >= 4 is 5.91 Å². The van der Waals surface area contributed by atoms with Gasteiger partial charge in [-0.05, 0) is 30.9 Å². The molecule has 2 rings (SSSR count). The lowest BCUT2D eigenvalue weighted by Crippen LogP contribution is -2.40. The number of amides is 1. The molecule has 1 aromatic carbocycles. The van der Waals surface area contributed by atoms with E-state index in [2.05, 4.69) is 11.4 Å². The van der Waals surface area contributed by atoms with Crippen molar-refractivity contribution in [2.75, 3.05) is 0 Å². The molecule has 1 atom stereocenters. The van der Waals surface area contributed by atoms with Crippen LogP contribution in [0.4, 0.5) is 4.39 Å². The number of nitrogens with one attached hydrogen (secondary N) is 1. The normalized spacial score (nSPS) is 17.2. The second kappa shape index (κ2) is 6.38. The Morgan fingerprint density at radius 2 is 2.10 bits per heavy atom. The van der Waals surface area contributed by atoms with E-state index in [1.54, 1.807) is 0 Å². The average Bonchev–Trinajstić information content (AvgIpc) is 2.45. The molecule has 0 aliphatic heterocycles. The quantitative estimate of drug-likeness (QED) is 0.891. The highest BCUT2D eigenvalue weighted by molar-refractivity contribution is 5.97. The van der Waals surface area contributed by atoms with Crippen LogP contribution >= 0.6 is 0 Å². The molecule has 0 bridgehead atoms. The highest BCUT2D eigenvalue weighted by Crippen LogP contribution is 2.27. The Hall–Kier alpha value is -2.09. The molecule has 1 unspecified atom stereocenters. The highest BCUT2D eigenvalue weighted by Gasteiger charge is 2.26. The minimum atomic E-state index is -0.608. The fourth-order valence-corrected chi connectivity index (χ4v) is 2.64. The first-order valence-corrected chi connectivity index (χ1v) is 6.81. The van der Waals surface area contributed by atoms with Crippen molar-refractivity contribution in [3.8, 4) is 11.8 Å². The number of aromatic hydroxyl groups is 1. The summed E-state index contributed by atoms with van der Waals surface area (Å²) in [4.78, 5) is 12.0. The van der Waals surface area contributed by atoms with Crippen molar-refractivity contribution in [2.45, 2.75) is 38.1 Å². The molecule has 1 saturated carbocycles. The first kappa shape index (κ1) is 14.3. The van der Waals surface area contributed by atoms with Gasteiger partial charge < -0.3 is 10.4 Å². The molecule has 1 aliphatic rings. The third kappa shape index (κ3) is 3.27. The van der Waals surface area contributed by atoms with Gasteiger partial charge in [0.1, 0.15) is 17.6 Å². The van der Waals surface area contributed by atoms with Crippen molar-refractivity contribution in [3.05, 3.63) is 29.6 Å². The first-order chi connectivity index (χ1) is 9.61. The molecule has 0 saturated heterocycles. The third-order valence-corrected chi connectivity index (χ3v) is 3.75. The molecule has 5 heteroatoms. The van der Waals surface area contributed by atoms with E-state index in [0.717, 1.165) is 37.8 Å². The highest BCUT2D eigenvalue weighted by atomic mass is 19.1. The second-order valence-corrected chi connectivity index (χ2v) is 5.14. The molecule has 2 N–H and O–H groups in total. The Bertz CT molecular complexity index is 533. The van der Waals surface area contributed by atoms with Crippen molar-refractivity contribution in [1.82, 2.24) is 5.32 Å². The molecular formula is C15H17FN2O2. The maximum atomic E-state index is 12.9. The zero-order valence-electron chi connectivity index (χ0n) is 11.1. The molecule has 1 aliphatic carbocycles. The topological polar surface area (TPSA) is 73.1 Å². The fourth-order valence-electron chi connectivity index (χ4n) is 2.64. The van der Waals surface area contributed by atoms with E-state index in [4.69, 9.17) is 0 Å². The van der Waals surface area contributed by atoms with Crippen LogP contribution in [0.1, 0.15) is 42.5 Å². The lowest BCUT2D eigenvalue weighted by atomic mass is 9.84. The summed E-state index contributed by atoms with van der Waals surface area (Å²) in [6.45, 7) is 0. The number of nitrogens with zero attached hydrogens (tertiary/aromatic N) is 1. The van der Waals surface area contributed by atoms with Gasteiger partial charge in [0.15, 0.2) is 0 Å². The van der Waals surface area contributed by atoms with Crippen molar-refractivity contribution in [1.29, 1.82) is 5.26 Å². The minimum absolute atomic E-state index is 0.0116. The monoisotopic (exact) mass is 276 g/mol. The standard InChI is InChI=1S/C15H17FN2O2/c16-11-6-7-12(14(19)8-11)15(20)18-13(9-17)10-4-2-1-3-5-10/h6-8,10,13,19H,1-5H2,(H,18,20). The SMILES string of the molecule is N#CC(NC(=O)c1ccc(F)cc1O)C1CCCCC1. The maximum Gasteiger partial charge on any atom is 0.256 e. The maximum absolute atomic E-state index is 12.9. The van der Waals surface area contributed by atoms with Crippen LogP contribution in [0.2, 0.25) is 0 Å². The van der Waals surface area contributed by atoms with Gasteiger partial charge in [0.2, 0.25) is 0 Å². The smallest absolute Gasteiger partial charge is 0.256 e. The van der Waals surface area contributed by atoms with Crippen LogP contribution in [0.5, 0.6) is 5.75 Å². The molecule has 20 heavy (non-hydrogen) atoms. The fraction of sp³-hybridized carbons (Fsp3) is 0.467. The number of hydrogen-bond donors (Lipinski definition) is 2. The minimum Gasteiger partial charge on any atom is -0.507 e. The number of rotatable bonds is 3. The van der Waals surface area contributed by atoms with Crippen LogP contribution < -0.4 is 5.32 Å². The summed E-state index contributed by atoms with van der Waals surface area (Å²) < 4.78 is 12.9. The molecule has 0 radical (unpaired) electrons. The van der Waals surface area contributed by atoms with Crippen molar-refractivity contribution in [3.63, 3.8) is 0 Å². The number of benzene rings is 1. The van der Waals surface area contributed by atoms with Gasteiger partial charge in [-0.25, -0.2) is 4.39 Å². The average molecular weight is 276 g/mol. The van der Waals surface area contributed by atoms with E-state index in [-0.39, 0.29) is 11.5 Å². The van der Waals surface area contributed by atoms with Crippen LogP contribution in [-0.4, -0.2) is 17.1 Å². The summed E-state index contributed by atoms with van der Waals surface area (Å²) in [6, 6.07) is 4.76. The molecule has 0 aromatic heterocycles. The van der Waals surface area contributed by atoms with Gasteiger partial charge >= 0.3 is 0 Å². The number of carbonyl (C=O) groups excluding carboxylic acids is 1. The van der Waals surface area contributed by atoms with E-state index in [1.807, 2.05) is 0 Å². The Morgan fingerprint density at radius 1 is 1.40 bits per heavy atom. The van der Waals surface area contributed by atoms with Gasteiger partial charge in [0, 0.05) is 6.07 Å². The van der Waals surface area contributed by atoms with Crippen LogP contribution in [-0.2, 0) is 0 Å².